The minimum Gasteiger partial charge on any atom is -0.381 e. The van der Waals surface area contributed by atoms with E-state index in [0.29, 0.717) is 39.1 Å². The van der Waals surface area contributed by atoms with E-state index in [1.54, 1.807) is 4.90 Å². The molecule has 0 aromatic heterocycles. The summed E-state index contributed by atoms with van der Waals surface area (Å²) in [5.41, 5.74) is 5.22. The Labute approximate surface area is 152 Å². The van der Waals surface area contributed by atoms with Gasteiger partial charge in [-0.2, -0.15) is 13.2 Å². The van der Waals surface area contributed by atoms with Crippen LogP contribution in [0.5, 0.6) is 0 Å². The van der Waals surface area contributed by atoms with E-state index >= 15 is 0 Å². The number of halogens is 5. The number of amides is 1. The van der Waals surface area contributed by atoms with Crippen LogP contribution < -0.4 is 5.73 Å². The lowest BCUT2D eigenvalue weighted by atomic mass is 9.78. The summed E-state index contributed by atoms with van der Waals surface area (Å²) < 4.78 is 43.5. The van der Waals surface area contributed by atoms with Gasteiger partial charge in [0.25, 0.3) is 0 Å². The normalized spacial score (nSPS) is 23.0. The van der Waals surface area contributed by atoms with E-state index in [0.717, 1.165) is 6.92 Å². The molecule has 24 heavy (non-hydrogen) atoms. The SMILES string of the molecule is CC(N1CCN(C(=O)C2(CN)CCOCC2)CC1)C(F)(F)F.Cl.Cl. The molecule has 2 aliphatic rings. The molecule has 1 atom stereocenters. The maximum absolute atomic E-state index is 12.7. The van der Waals surface area contributed by atoms with Crippen molar-refractivity contribution in [3.63, 3.8) is 0 Å². The molecule has 0 radical (unpaired) electrons. The molecular weight excluding hydrogens is 370 g/mol. The highest BCUT2D eigenvalue weighted by atomic mass is 35.5. The standard InChI is InChI=1S/C14H24F3N3O2.2ClH/c1-11(14(15,16)17)19-4-6-20(7-5-19)12(21)13(10-18)2-8-22-9-3-13;;/h11H,2-10,18H2,1H3;2*1H. The van der Waals surface area contributed by atoms with Gasteiger partial charge in [-0.1, -0.05) is 0 Å². The average Bonchev–Trinajstić information content (AvgIpc) is 2.53. The Hall–Kier alpha value is -0.280. The van der Waals surface area contributed by atoms with Gasteiger partial charge < -0.3 is 15.4 Å². The van der Waals surface area contributed by atoms with Gasteiger partial charge in [-0.05, 0) is 19.8 Å². The van der Waals surface area contributed by atoms with Gasteiger partial charge in [0.05, 0.1) is 5.41 Å². The third-order valence-corrected chi connectivity index (χ3v) is 4.92. The van der Waals surface area contributed by atoms with Crippen molar-refractivity contribution in [1.29, 1.82) is 0 Å². The zero-order valence-corrected chi connectivity index (χ0v) is 15.3. The lowest BCUT2D eigenvalue weighted by Gasteiger charge is -2.43. The predicted octanol–water partition coefficient (Wildman–Crippen LogP) is 1.68. The number of hydrogen-bond acceptors (Lipinski definition) is 4. The first kappa shape index (κ1) is 23.7. The second-order valence-electron chi connectivity index (χ2n) is 6.14. The average molecular weight is 396 g/mol. The van der Waals surface area contributed by atoms with Gasteiger partial charge >= 0.3 is 6.18 Å². The van der Waals surface area contributed by atoms with Crippen molar-refractivity contribution in [2.45, 2.75) is 32.0 Å². The van der Waals surface area contributed by atoms with Crippen LogP contribution in [0, 0.1) is 5.41 Å². The smallest absolute Gasteiger partial charge is 0.381 e. The van der Waals surface area contributed by atoms with Crippen molar-refractivity contribution in [2.24, 2.45) is 11.1 Å². The van der Waals surface area contributed by atoms with Crippen molar-refractivity contribution in [1.82, 2.24) is 9.80 Å². The van der Waals surface area contributed by atoms with Crippen molar-refractivity contribution in [3.8, 4) is 0 Å². The Bertz CT molecular complexity index is 399. The van der Waals surface area contributed by atoms with Gasteiger partial charge in [-0.15, -0.1) is 24.8 Å². The summed E-state index contributed by atoms with van der Waals surface area (Å²) in [6, 6.07) is -1.48. The molecule has 1 amide bonds. The molecule has 5 nitrogen and oxygen atoms in total. The Morgan fingerprint density at radius 2 is 1.67 bits per heavy atom. The number of nitrogens with zero attached hydrogens (tertiary/aromatic N) is 2. The Morgan fingerprint density at radius 3 is 2.08 bits per heavy atom. The highest BCUT2D eigenvalue weighted by molar-refractivity contribution is 5.85. The second kappa shape index (κ2) is 9.43. The summed E-state index contributed by atoms with van der Waals surface area (Å²) >= 11 is 0. The number of piperazine rings is 1. The molecule has 2 heterocycles. The third kappa shape index (κ3) is 5.11. The van der Waals surface area contributed by atoms with Crippen LogP contribution in [-0.2, 0) is 9.53 Å². The van der Waals surface area contributed by atoms with E-state index in [1.165, 1.54) is 4.90 Å². The number of alkyl halides is 3. The minimum atomic E-state index is -4.23. The van der Waals surface area contributed by atoms with E-state index in [2.05, 4.69) is 0 Å². The van der Waals surface area contributed by atoms with Crippen molar-refractivity contribution >= 4 is 30.7 Å². The van der Waals surface area contributed by atoms with Crippen molar-refractivity contribution in [2.75, 3.05) is 45.9 Å². The molecule has 2 aliphatic heterocycles. The molecule has 0 aromatic carbocycles. The molecule has 0 aromatic rings. The van der Waals surface area contributed by atoms with E-state index in [4.69, 9.17) is 10.5 Å². The summed E-state index contributed by atoms with van der Waals surface area (Å²) in [7, 11) is 0. The Morgan fingerprint density at radius 1 is 1.17 bits per heavy atom. The van der Waals surface area contributed by atoms with Crippen LogP contribution in [0.15, 0.2) is 0 Å². The molecule has 0 bridgehead atoms. The number of rotatable bonds is 3. The molecule has 0 saturated carbocycles. The minimum absolute atomic E-state index is 0. The van der Waals surface area contributed by atoms with Gasteiger partial charge in [0, 0.05) is 45.9 Å². The van der Waals surface area contributed by atoms with Gasteiger partial charge in [0.1, 0.15) is 6.04 Å². The maximum Gasteiger partial charge on any atom is 0.403 e. The van der Waals surface area contributed by atoms with Crippen LogP contribution >= 0.6 is 24.8 Å². The van der Waals surface area contributed by atoms with E-state index in [-0.39, 0.29) is 50.4 Å². The second-order valence-corrected chi connectivity index (χ2v) is 6.14. The Kier molecular flexibility index (Phi) is 9.32. The van der Waals surface area contributed by atoms with Gasteiger partial charge in [0.15, 0.2) is 0 Å². The molecule has 0 aliphatic carbocycles. The molecule has 2 N–H and O–H groups in total. The van der Waals surface area contributed by atoms with E-state index in [1.807, 2.05) is 0 Å². The van der Waals surface area contributed by atoms with Crippen LogP contribution in [0.2, 0.25) is 0 Å². The molecule has 2 fully saturated rings. The topological polar surface area (TPSA) is 58.8 Å². The van der Waals surface area contributed by atoms with Crippen molar-refractivity contribution < 1.29 is 22.7 Å². The zero-order chi connectivity index (χ0) is 16.4. The molecular formula is C14H26Cl2F3N3O2. The van der Waals surface area contributed by atoms with Crippen LogP contribution in [0.3, 0.4) is 0 Å². The fourth-order valence-corrected chi connectivity index (χ4v) is 3.12. The fraction of sp³-hybridized carbons (Fsp3) is 0.929. The monoisotopic (exact) mass is 395 g/mol. The molecule has 0 spiro atoms. The summed E-state index contributed by atoms with van der Waals surface area (Å²) in [6.07, 6.45) is -3.06. The number of ether oxygens (including phenoxy) is 1. The quantitative estimate of drug-likeness (QED) is 0.789. The van der Waals surface area contributed by atoms with E-state index in [9.17, 15) is 18.0 Å². The number of carbonyl (C=O) groups excluding carboxylic acids is 1. The first-order valence-corrected chi connectivity index (χ1v) is 7.68. The molecule has 1 unspecified atom stereocenters. The largest absolute Gasteiger partial charge is 0.403 e. The summed E-state index contributed by atoms with van der Waals surface area (Å²) in [4.78, 5) is 15.8. The van der Waals surface area contributed by atoms with Crippen LogP contribution in [-0.4, -0.2) is 73.9 Å². The third-order valence-electron chi connectivity index (χ3n) is 4.92. The van der Waals surface area contributed by atoms with Crippen LogP contribution in [0.1, 0.15) is 19.8 Å². The van der Waals surface area contributed by atoms with Gasteiger partial charge in [-0.25, -0.2) is 0 Å². The molecule has 2 saturated heterocycles. The van der Waals surface area contributed by atoms with Gasteiger partial charge in [0.2, 0.25) is 5.91 Å². The van der Waals surface area contributed by atoms with Crippen molar-refractivity contribution in [3.05, 3.63) is 0 Å². The lowest BCUT2D eigenvalue weighted by Crippen LogP contribution is -2.58. The number of hydrogen-bond donors (Lipinski definition) is 1. The Balaban J connectivity index is 0.00000264. The number of carbonyl (C=O) groups is 1. The molecule has 2 rings (SSSR count). The summed E-state index contributed by atoms with van der Waals surface area (Å²) in [5.74, 6) is -0.0300. The first-order chi connectivity index (χ1) is 10.3. The zero-order valence-electron chi connectivity index (χ0n) is 13.7. The highest BCUT2D eigenvalue weighted by Gasteiger charge is 2.44. The maximum atomic E-state index is 12.7. The van der Waals surface area contributed by atoms with Crippen LogP contribution in [0.4, 0.5) is 13.2 Å². The summed E-state index contributed by atoms with van der Waals surface area (Å²) in [5, 5.41) is 0. The first-order valence-electron chi connectivity index (χ1n) is 7.68. The number of nitrogens with two attached hydrogens (primary N) is 1. The van der Waals surface area contributed by atoms with Gasteiger partial charge in [-0.3, -0.25) is 9.69 Å². The summed E-state index contributed by atoms with van der Waals surface area (Å²) in [6.45, 7) is 3.56. The van der Waals surface area contributed by atoms with E-state index < -0.39 is 17.6 Å². The highest BCUT2D eigenvalue weighted by Crippen LogP contribution is 2.32. The molecule has 10 heteroatoms. The molecule has 144 valence electrons. The lowest BCUT2D eigenvalue weighted by molar-refractivity contribution is -0.184. The van der Waals surface area contributed by atoms with Crippen LogP contribution in [0.25, 0.3) is 0 Å². The fourth-order valence-electron chi connectivity index (χ4n) is 3.12. The predicted molar refractivity (Wildman–Crippen MR) is 89.7 cm³/mol.